The highest BCUT2D eigenvalue weighted by Gasteiger charge is 2.37. The van der Waals surface area contributed by atoms with E-state index in [2.05, 4.69) is 18.3 Å². The fourth-order valence-electron chi connectivity index (χ4n) is 3.31. The molecule has 2 aliphatic rings. The van der Waals surface area contributed by atoms with Gasteiger partial charge in [0.1, 0.15) is 5.75 Å². The van der Waals surface area contributed by atoms with Gasteiger partial charge in [-0.15, -0.1) is 0 Å². The second-order valence-electron chi connectivity index (χ2n) is 5.87. The molecule has 4 rings (SSSR count). The largest absolute Gasteiger partial charge is 0.477 e. The minimum absolute atomic E-state index is 0.0273. The van der Waals surface area contributed by atoms with Gasteiger partial charge in [-0.1, -0.05) is 30.3 Å². The van der Waals surface area contributed by atoms with E-state index in [9.17, 15) is 4.79 Å². The summed E-state index contributed by atoms with van der Waals surface area (Å²) in [6, 6.07) is 16.0. The average Bonchev–Trinajstić information content (AvgIpc) is 2.89. The Morgan fingerprint density at radius 3 is 2.86 bits per heavy atom. The molecule has 1 amide bonds. The topological polar surface area (TPSA) is 41.6 Å². The predicted molar refractivity (Wildman–Crippen MR) is 86.4 cm³/mol. The number of carbonyl (C=O) groups is 1. The number of nitrogens with one attached hydrogen (secondary N) is 1. The molecule has 2 aromatic carbocycles. The van der Waals surface area contributed by atoms with Crippen LogP contribution in [0.1, 0.15) is 12.5 Å². The van der Waals surface area contributed by atoms with Crippen LogP contribution in [0.3, 0.4) is 0 Å². The summed E-state index contributed by atoms with van der Waals surface area (Å²) < 4.78 is 5.92. The van der Waals surface area contributed by atoms with Gasteiger partial charge in [0.25, 0.3) is 5.91 Å². The molecular weight excluding hydrogens is 276 g/mol. The second kappa shape index (κ2) is 5.05. The van der Waals surface area contributed by atoms with Gasteiger partial charge in [-0.3, -0.25) is 4.79 Å². The van der Waals surface area contributed by atoms with Crippen molar-refractivity contribution in [2.24, 2.45) is 0 Å². The molecule has 0 radical (unpaired) electrons. The van der Waals surface area contributed by atoms with Gasteiger partial charge >= 0.3 is 0 Å². The zero-order valence-electron chi connectivity index (χ0n) is 12.5. The zero-order chi connectivity index (χ0) is 15.1. The summed E-state index contributed by atoms with van der Waals surface area (Å²) in [7, 11) is 0. The first kappa shape index (κ1) is 13.2. The van der Waals surface area contributed by atoms with Gasteiger partial charge in [0.05, 0.1) is 12.2 Å². The number of anilines is 2. The van der Waals surface area contributed by atoms with E-state index in [-0.39, 0.29) is 11.9 Å². The van der Waals surface area contributed by atoms with Crippen molar-refractivity contribution in [2.45, 2.75) is 25.5 Å². The predicted octanol–water partition coefficient (Wildman–Crippen LogP) is 2.84. The highest BCUT2D eigenvalue weighted by Crippen LogP contribution is 2.34. The molecule has 2 atom stereocenters. The van der Waals surface area contributed by atoms with Crippen LogP contribution < -0.4 is 15.0 Å². The first-order chi connectivity index (χ1) is 10.7. The molecule has 0 fully saturated rings. The van der Waals surface area contributed by atoms with Crippen LogP contribution in [0.4, 0.5) is 11.4 Å². The highest BCUT2D eigenvalue weighted by atomic mass is 16.5. The Hall–Kier alpha value is -2.49. The maximum atomic E-state index is 12.9. The Bertz CT molecular complexity index is 729. The molecule has 0 saturated carbocycles. The van der Waals surface area contributed by atoms with Crippen LogP contribution in [0.25, 0.3) is 0 Å². The van der Waals surface area contributed by atoms with E-state index in [4.69, 9.17) is 4.74 Å². The second-order valence-corrected chi connectivity index (χ2v) is 5.87. The van der Waals surface area contributed by atoms with Crippen LogP contribution in [0.5, 0.6) is 5.75 Å². The van der Waals surface area contributed by atoms with Crippen molar-refractivity contribution in [3.8, 4) is 5.75 Å². The van der Waals surface area contributed by atoms with Gasteiger partial charge in [-0.2, -0.15) is 0 Å². The minimum atomic E-state index is -0.483. The van der Waals surface area contributed by atoms with E-state index in [0.29, 0.717) is 6.54 Å². The van der Waals surface area contributed by atoms with Crippen LogP contribution in [-0.4, -0.2) is 24.6 Å². The Balaban J connectivity index is 1.61. The van der Waals surface area contributed by atoms with Crippen molar-refractivity contribution in [3.63, 3.8) is 0 Å². The Labute approximate surface area is 129 Å². The molecule has 0 aliphatic carbocycles. The number of fused-ring (bicyclic) bond motifs is 2. The van der Waals surface area contributed by atoms with E-state index in [1.807, 2.05) is 47.4 Å². The molecule has 0 bridgehead atoms. The molecule has 1 N–H and O–H groups in total. The number of para-hydroxylation sites is 3. The Morgan fingerprint density at radius 2 is 1.95 bits per heavy atom. The number of carbonyl (C=O) groups excluding carboxylic acids is 1. The van der Waals surface area contributed by atoms with E-state index in [0.717, 1.165) is 23.5 Å². The van der Waals surface area contributed by atoms with Gasteiger partial charge in [-0.05, 0) is 37.1 Å². The minimum Gasteiger partial charge on any atom is -0.477 e. The summed E-state index contributed by atoms with van der Waals surface area (Å²) in [5.74, 6) is 0.770. The van der Waals surface area contributed by atoms with Crippen molar-refractivity contribution in [2.75, 3.05) is 16.8 Å². The Morgan fingerprint density at radius 1 is 1.18 bits per heavy atom. The average molecular weight is 294 g/mol. The third-order valence-electron chi connectivity index (χ3n) is 4.35. The summed E-state index contributed by atoms with van der Waals surface area (Å²) in [5.41, 5.74) is 3.19. The van der Waals surface area contributed by atoms with E-state index in [1.165, 1.54) is 5.56 Å². The number of rotatable bonds is 1. The molecule has 4 heteroatoms. The smallest absolute Gasteiger partial charge is 0.270 e. The quantitative estimate of drug-likeness (QED) is 0.879. The SMILES string of the molecule is CC1Cc2ccccc2N1C(=O)C1CNc2ccccc2O1. The highest BCUT2D eigenvalue weighted by molar-refractivity contribution is 6.00. The van der Waals surface area contributed by atoms with Crippen molar-refractivity contribution in [3.05, 3.63) is 54.1 Å². The maximum Gasteiger partial charge on any atom is 0.270 e. The van der Waals surface area contributed by atoms with Crippen LogP contribution >= 0.6 is 0 Å². The first-order valence-corrected chi connectivity index (χ1v) is 7.64. The van der Waals surface area contributed by atoms with Crippen LogP contribution in [0, 0.1) is 0 Å². The molecule has 0 aromatic heterocycles. The van der Waals surface area contributed by atoms with Gasteiger partial charge in [0, 0.05) is 11.7 Å². The Kier molecular flexibility index (Phi) is 3.03. The van der Waals surface area contributed by atoms with Crippen molar-refractivity contribution in [1.82, 2.24) is 0 Å². The van der Waals surface area contributed by atoms with Gasteiger partial charge in [-0.25, -0.2) is 0 Å². The number of hydrogen-bond acceptors (Lipinski definition) is 3. The third kappa shape index (κ3) is 2.03. The fourth-order valence-corrected chi connectivity index (χ4v) is 3.31. The summed E-state index contributed by atoms with van der Waals surface area (Å²) in [5, 5.41) is 3.28. The van der Waals surface area contributed by atoms with Crippen LogP contribution in [-0.2, 0) is 11.2 Å². The van der Waals surface area contributed by atoms with Gasteiger partial charge in [0.2, 0.25) is 0 Å². The number of hydrogen-bond donors (Lipinski definition) is 1. The number of benzene rings is 2. The molecular formula is C18H18N2O2. The molecule has 0 spiro atoms. The normalized spacial score (nSPS) is 22.3. The molecule has 2 aliphatic heterocycles. The van der Waals surface area contributed by atoms with Crippen molar-refractivity contribution >= 4 is 17.3 Å². The van der Waals surface area contributed by atoms with E-state index < -0.39 is 6.10 Å². The zero-order valence-corrected chi connectivity index (χ0v) is 12.5. The van der Waals surface area contributed by atoms with E-state index in [1.54, 1.807) is 0 Å². The monoisotopic (exact) mass is 294 g/mol. The van der Waals surface area contributed by atoms with Crippen LogP contribution in [0.15, 0.2) is 48.5 Å². The number of ether oxygens (including phenoxy) is 1. The molecule has 0 saturated heterocycles. The van der Waals surface area contributed by atoms with Crippen LogP contribution in [0.2, 0.25) is 0 Å². The van der Waals surface area contributed by atoms with Gasteiger partial charge in [0.15, 0.2) is 6.10 Å². The van der Waals surface area contributed by atoms with E-state index >= 15 is 0 Å². The van der Waals surface area contributed by atoms with Crippen molar-refractivity contribution in [1.29, 1.82) is 0 Å². The third-order valence-corrected chi connectivity index (χ3v) is 4.35. The summed E-state index contributed by atoms with van der Waals surface area (Å²) >= 11 is 0. The molecule has 2 unspecified atom stereocenters. The lowest BCUT2D eigenvalue weighted by Gasteiger charge is -2.31. The lowest BCUT2D eigenvalue weighted by molar-refractivity contribution is -0.125. The molecule has 112 valence electrons. The number of nitrogens with zero attached hydrogens (tertiary/aromatic N) is 1. The molecule has 22 heavy (non-hydrogen) atoms. The van der Waals surface area contributed by atoms with Gasteiger partial charge < -0.3 is 15.0 Å². The standard InChI is InChI=1S/C18H18N2O2/c1-12-10-13-6-2-4-8-15(13)20(12)18(21)17-11-19-14-7-3-5-9-16(14)22-17/h2-9,12,17,19H,10-11H2,1H3. The maximum absolute atomic E-state index is 12.9. The molecule has 4 nitrogen and oxygen atoms in total. The van der Waals surface area contributed by atoms with Crippen molar-refractivity contribution < 1.29 is 9.53 Å². The number of amides is 1. The first-order valence-electron chi connectivity index (χ1n) is 7.64. The fraction of sp³-hybridized carbons (Fsp3) is 0.278. The lowest BCUT2D eigenvalue weighted by atomic mass is 10.1. The molecule has 2 heterocycles. The molecule has 2 aromatic rings. The lowest BCUT2D eigenvalue weighted by Crippen LogP contribution is -2.49. The summed E-state index contributed by atoms with van der Waals surface area (Å²) in [4.78, 5) is 14.8. The summed E-state index contributed by atoms with van der Waals surface area (Å²) in [6.07, 6.45) is 0.419. The summed E-state index contributed by atoms with van der Waals surface area (Å²) in [6.45, 7) is 2.59.